The molecule has 2 aliphatic rings. The van der Waals surface area contributed by atoms with Crippen molar-refractivity contribution in [2.24, 2.45) is 5.10 Å². The second-order valence-electron chi connectivity index (χ2n) is 7.99. The molecule has 174 valence electrons. The van der Waals surface area contributed by atoms with Crippen molar-refractivity contribution in [3.63, 3.8) is 0 Å². The van der Waals surface area contributed by atoms with Gasteiger partial charge in [-0.25, -0.2) is 0 Å². The lowest BCUT2D eigenvalue weighted by Crippen LogP contribution is -2.60. The van der Waals surface area contributed by atoms with E-state index in [-0.39, 0.29) is 25.5 Å². The third-order valence-electron chi connectivity index (χ3n) is 5.94. The fourth-order valence-electron chi connectivity index (χ4n) is 4.27. The van der Waals surface area contributed by atoms with E-state index in [2.05, 4.69) is 5.10 Å². The van der Waals surface area contributed by atoms with Crippen molar-refractivity contribution < 1.29 is 27.8 Å². The van der Waals surface area contributed by atoms with Crippen molar-refractivity contribution in [1.29, 1.82) is 0 Å². The molecule has 33 heavy (non-hydrogen) atoms. The van der Waals surface area contributed by atoms with Gasteiger partial charge in [-0.15, -0.1) is 0 Å². The topological polar surface area (TPSA) is 65.4 Å². The van der Waals surface area contributed by atoms with Crippen molar-refractivity contribution in [3.05, 3.63) is 83.2 Å². The van der Waals surface area contributed by atoms with Crippen LogP contribution in [0.25, 0.3) is 0 Å². The van der Waals surface area contributed by atoms with Gasteiger partial charge in [0.05, 0.1) is 18.9 Å². The zero-order chi connectivity index (χ0) is 23.6. The SMILES string of the molecule is C[C@@H](N1CC(C(c2ccccc2)c2ccccc2)N2/N=C\COC/C(O)=C\2C1=O)C(F)(F)F. The van der Waals surface area contributed by atoms with Crippen LogP contribution >= 0.6 is 0 Å². The Morgan fingerprint density at radius 3 is 2.18 bits per heavy atom. The summed E-state index contributed by atoms with van der Waals surface area (Å²) in [6.45, 7) is 0.512. The monoisotopic (exact) mass is 459 g/mol. The first-order valence-electron chi connectivity index (χ1n) is 10.6. The first-order valence-corrected chi connectivity index (χ1v) is 10.6. The van der Waals surface area contributed by atoms with Crippen molar-refractivity contribution in [3.8, 4) is 0 Å². The van der Waals surface area contributed by atoms with Gasteiger partial charge in [0.1, 0.15) is 18.4 Å². The van der Waals surface area contributed by atoms with E-state index in [4.69, 9.17) is 4.74 Å². The maximum absolute atomic E-state index is 13.7. The number of rotatable bonds is 4. The number of halogens is 3. The number of aliphatic hydroxyl groups excluding tert-OH is 1. The van der Waals surface area contributed by atoms with Gasteiger partial charge in [-0.1, -0.05) is 60.7 Å². The second-order valence-corrected chi connectivity index (χ2v) is 7.99. The van der Waals surface area contributed by atoms with E-state index in [1.807, 2.05) is 60.7 Å². The predicted octanol–water partition coefficient (Wildman–Crippen LogP) is 4.07. The van der Waals surface area contributed by atoms with Crippen LogP contribution in [0, 0.1) is 0 Å². The molecular weight excluding hydrogens is 435 g/mol. The Bertz CT molecular complexity index is 1000. The summed E-state index contributed by atoms with van der Waals surface area (Å²) in [4.78, 5) is 14.0. The van der Waals surface area contributed by atoms with Crippen LogP contribution in [0.1, 0.15) is 24.0 Å². The van der Waals surface area contributed by atoms with E-state index in [1.165, 1.54) is 11.2 Å². The first kappa shape index (κ1) is 22.8. The number of hydrazone groups is 1. The summed E-state index contributed by atoms with van der Waals surface area (Å²) >= 11 is 0. The minimum absolute atomic E-state index is 0.0960. The molecule has 2 atom stereocenters. The molecule has 2 aromatic carbocycles. The van der Waals surface area contributed by atoms with Gasteiger partial charge in [0.2, 0.25) is 0 Å². The highest BCUT2D eigenvalue weighted by atomic mass is 19.4. The quantitative estimate of drug-likeness (QED) is 0.749. The van der Waals surface area contributed by atoms with Crippen molar-refractivity contribution in [1.82, 2.24) is 9.91 Å². The van der Waals surface area contributed by atoms with Gasteiger partial charge < -0.3 is 14.7 Å². The van der Waals surface area contributed by atoms with Crippen LogP contribution < -0.4 is 0 Å². The van der Waals surface area contributed by atoms with E-state index >= 15 is 0 Å². The number of carbonyl (C=O) groups excluding carboxylic acids is 1. The normalized spacial score (nSPS) is 23.7. The molecule has 1 unspecified atom stereocenters. The molecule has 1 fully saturated rings. The summed E-state index contributed by atoms with van der Waals surface area (Å²) in [5.41, 5.74) is 1.42. The maximum Gasteiger partial charge on any atom is 0.408 e. The Hall–Kier alpha value is -3.33. The molecule has 1 N–H and O–H groups in total. The molecule has 0 bridgehead atoms. The third-order valence-corrected chi connectivity index (χ3v) is 5.94. The van der Waals surface area contributed by atoms with Gasteiger partial charge >= 0.3 is 6.18 Å². The molecular formula is C24H24F3N3O3. The van der Waals surface area contributed by atoms with Crippen LogP contribution in [0.4, 0.5) is 13.2 Å². The fraction of sp³-hybridized carbons (Fsp3) is 0.333. The molecule has 2 aromatic rings. The highest BCUT2D eigenvalue weighted by Crippen LogP contribution is 2.39. The fourth-order valence-corrected chi connectivity index (χ4v) is 4.27. The number of nitrogens with zero attached hydrogens (tertiary/aromatic N) is 3. The Morgan fingerprint density at radius 1 is 1.06 bits per heavy atom. The van der Waals surface area contributed by atoms with Crippen molar-refractivity contribution in [2.75, 3.05) is 19.8 Å². The van der Waals surface area contributed by atoms with Gasteiger partial charge in [0, 0.05) is 12.5 Å². The average molecular weight is 459 g/mol. The molecule has 2 heterocycles. The van der Waals surface area contributed by atoms with E-state index in [1.54, 1.807) is 0 Å². The van der Waals surface area contributed by atoms with E-state index in [9.17, 15) is 23.1 Å². The lowest BCUT2D eigenvalue weighted by Gasteiger charge is -2.46. The molecule has 0 aromatic heterocycles. The zero-order valence-corrected chi connectivity index (χ0v) is 17.9. The minimum atomic E-state index is -4.63. The average Bonchev–Trinajstić information content (AvgIpc) is 2.79. The Morgan fingerprint density at radius 2 is 1.64 bits per heavy atom. The molecule has 6 nitrogen and oxygen atoms in total. The summed E-state index contributed by atoms with van der Waals surface area (Å²) in [6.07, 6.45) is -3.18. The van der Waals surface area contributed by atoms with Crippen LogP contribution in [-0.2, 0) is 9.53 Å². The number of aliphatic hydroxyl groups is 1. The number of ether oxygens (including phenoxy) is 1. The summed E-state index contributed by atoms with van der Waals surface area (Å²) in [6, 6.07) is 16.0. The first-order chi connectivity index (χ1) is 15.8. The second kappa shape index (κ2) is 9.27. The lowest BCUT2D eigenvalue weighted by molar-refractivity contribution is -0.189. The van der Waals surface area contributed by atoms with Gasteiger partial charge in [-0.3, -0.25) is 9.80 Å². The molecule has 0 saturated carbocycles. The highest BCUT2D eigenvalue weighted by Gasteiger charge is 2.50. The minimum Gasteiger partial charge on any atom is -0.507 e. The molecule has 9 heteroatoms. The van der Waals surface area contributed by atoms with Crippen molar-refractivity contribution >= 4 is 12.1 Å². The standard InChI is InChI=1S/C24H24F3N3O3/c1-16(24(25,26)27)29-14-19(30-22(23(29)32)20(31)15-33-13-12-28-30)21(17-8-4-2-5-9-17)18-10-6-3-7-11-18/h2-12,16,19,21,31H,13-15H2,1H3/b22-20+,28-12-/t16-,19?/m1/s1. The maximum atomic E-state index is 13.7. The Balaban J connectivity index is 1.89. The van der Waals surface area contributed by atoms with Gasteiger partial charge in [0.25, 0.3) is 5.91 Å². The summed E-state index contributed by atoms with van der Waals surface area (Å²) < 4.78 is 46.4. The third kappa shape index (κ3) is 4.59. The van der Waals surface area contributed by atoms with Gasteiger partial charge in [-0.05, 0) is 18.1 Å². The Kier molecular flexibility index (Phi) is 6.42. The van der Waals surface area contributed by atoms with Gasteiger partial charge in [0.15, 0.2) is 5.70 Å². The number of piperazine rings is 1. The molecule has 0 radical (unpaired) electrons. The number of hydrogen-bond acceptors (Lipinski definition) is 5. The number of alkyl halides is 3. The van der Waals surface area contributed by atoms with E-state index in [0.717, 1.165) is 23.0 Å². The lowest BCUT2D eigenvalue weighted by atomic mass is 9.83. The van der Waals surface area contributed by atoms with Crippen LogP contribution in [0.3, 0.4) is 0 Å². The van der Waals surface area contributed by atoms with Crippen molar-refractivity contribution in [2.45, 2.75) is 31.1 Å². The summed E-state index contributed by atoms with van der Waals surface area (Å²) in [7, 11) is 0. The number of hydrogen-bond donors (Lipinski definition) is 1. The van der Waals surface area contributed by atoms with Crippen LogP contribution in [0.5, 0.6) is 0 Å². The van der Waals surface area contributed by atoms with E-state index in [0.29, 0.717) is 0 Å². The molecule has 1 saturated heterocycles. The largest absolute Gasteiger partial charge is 0.507 e. The smallest absolute Gasteiger partial charge is 0.408 e. The predicted molar refractivity (Wildman–Crippen MR) is 117 cm³/mol. The zero-order valence-electron chi connectivity index (χ0n) is 17.9. The van der Waals surface area contributed by atoms with Crippen LogP contribution in [-0.4, -0.2) is 65.2 Å². The van der Waals surface area contributed by atoms with Crippen LogP contribution in [0.15, 0.2) is 77.2 Å². The molecule has 0 spiro atoms. The van der Waals surface area contributed by atoms with E-state index < -0.39 is 35.8 Å². The number of fused-ring (bicyclic) bond motifs is 1. The Labute approximate surface area is 189 Å². The molecule has 4 rings (SSSR count). The number of benzene rings is 2. The molecule has 2 aliphatic heterocycles. The molecule has 1 amide bonds. The molecule has 0 aliphatic carbocycles. The highest BCUT2D eigenvalue weighted by molar-refractivity contribution is 5.94. The van der Waals surface area contributed by atoms with Crippen LogP contribution in [0.2, 0.25) is 0 Å². The summed E-state index contributed by atoms with van der Waals surface area (Å²) in [5, 5.41) is 16.4. The summed E-state index contributed by atoms with van der Waals surface area (Å²) in [5.74, 6) is -1.80. The number of carbonyl (C=O) groups is 1. The van der Waals surface area contributed by atoms with Gasteiger partial charge in [-0.2, -0.15) is 18.3 Å². The number of amides is 1.